The molecule has 1 N–H and O–H groups in total. The molecule has 0 spiro atoms. The van der Waals surface area contributed by atoms with E-state index in [-0.39, 0.29) is 18.0 Å². The summed E-state index contributed by atoms with van der Waals surface area (Å²) in [5.74, 6) is -3.49. The summed E-state index contributed by atoms with van der Waals surface area (Å²) in [6, 6.07) is 7.67. The highest BCUT2D eigenvalue weighted by Crippen LogP contribution is 2.24. The van der Waals surface area contributed by atoms with Gasteiger partial charge in [-0.2, -0.15) is 0 Å². The van der Waals surface area contributed by atoms with Crippen molar-refractivity contribution in [3.05, 3.63) is 64.0 Å². The van der Waals surface area contributed by atoms with Crippen LogP contribution in [0.1, 0.15) is 0 Å². The van der Waals surface area contributed by atoms with E-state index < -0.39 is 28.5 Å². The number of ether oxygens (including phenoxy) is 1. The molecule has 1 atom stereocenters. The third kappa shape index (κ3) is 5.15. The van der Waals surface area contributed by atoms with E-state index in [1.807, 2.05) is 4.90 Å². The van der Waals surface area contributed by atoms with Crippen molar-refractivity contribution in [3.63, 3.8) is 0 Å². The monoisotopic (exact) mass is 411 g/mol. The van der Waals surface area contributed by atoms with Gasteiger partial charge in [-0.15, -0.1) is 0 Å². The van der Waals surface area contributed by atoms with E-state index in [4.69, 9.17) is 4.74 Å². The molecular weight excluding hydrogens is 391 g/mol. The molecule has 1 saturated heterocycles. The predicted octanol–water partition coefficient (Wildman–Crippen LogP) is 2.57. The minimum Gasteiger partial charge on any atom is -0.491 e. The fraction of sp³-hybridized carbons (Fsp3) is 0.368. The van der Waals surface area contributed by atoms with E-state index >= 15 is 0 Å². The standard InChI is InChI=1S/C19H20F3N3O4/c20-16-5-6-17(19(22)18(16)21)24-9-7-23(8-10-24)11-14(26)12-29-15-3-1-13(2-4-15)25(27)28/h1-6,14,26H,7-12H2. The second-order valence-electron chi connectivity index (χ2n) is 6.70. The van der Waals surface area contributed by atoms with Crippen LogP contribution < -0.4 is 9.64 Å². The number of aliphatic hydroxyl groups excluding tert-OH is 1. The van der Waals surface area contributed by atoms with Crippen LogP contribution >= 0.6 is 0 Å². The number of nitro groups is 1. The third-order valence-corrected chi connectivity index (χ3v) is 4.69. The minimum absolute atomic E-state index is 0.00975. The van der Waals surface area contributed by atoms with Crippen LogP contribution in [0.15, 0.2) is 36.4 Å². The third-order valence-electron chi connectivity index (χ3n) is 4.69. The van der Waals surface area contributed by atoms with Gasteiger partial charge in [0.05, 0.1) is 10.6 Å². The second-order valence-corrected chi connectivity index (χ2v) is 6.70. The predicted molar refractivity (Wildman–Crippen MR) is 99.6 cm³/mol. The lowest BCUT2D eigenvalue weighted by Gasteiger charge is -2.37. The number of anilines is 1. The average Bonchev–Trinajstić information content (AvgIpc) is 2.72. The molecule has 2 aromatic rings. The fourth-order valence-corrected chi connectivity index (χ4v) is 3.14. The molecule has 0 amide bonds. The van der Waals surface area contributed by atoms with Crippen LogP contribution in [0.4, 0.5) is 24.5 Å². The Morgan fingerprint density at radius 1 is 1.03 bits per heavy atom. The normalized spacial score (nSPS) is 15.9. The molecule has 3 rings (SSSR count). The maximum absolute atomic E-state index is 13.9. The van der Waals surface area contributed by atoms with E-state index in [9.17, 15) is 28.4 Å². The zero-order valence-electron chi connectivity index (χ0n) is 15.4. The van der Waals surface area contributed by atoms with Crippen molar-refractivity contribution in [2.24, 2.45) is 0 Å². The van der Waals surface area contributed by atoms with Crippen molar-refractivity contribution in [2.45, 2.75) is 6.10 Å². The molecule has 2 aromatic carbocycles. The lowest BCUT2D eigenvalue weighted by molar-refractivity contribution is -0.384. The van der Waals surface area contributed by atoms with Crippen molar-refractivity contribution in [2.75, 3.05) is 44.2 Å². The largest absolute Gasteiger partial charge is 0.491 e. The molecule has 1 aliphatic rings. The van der Waals surface area contributed by atoms with E-state index in [2.05, 4.69) is 0 Å². The van der Waals surface area contributed by atoms with Crippen LogP contribution in [-0.2, 0) is 0 Å². The van der Waals surface area contributed by atoms with E-state index in [1.54, 1.807) is 4.90 Å². The summed E-state index contributed by atoms with van der Waals surface area (Å²) in [4.78, 5) is 13.7. The van der Waals surface area contributed by atoms with Crippen molar-refractivity contribution < 1.29 is 27.9 Å². The van der Waals surface area contributed by atoms with Crippen LogP contribution in [0.5, 0.6) is 5.75 Å². The number of nitrogens with zero attached hydrogens (tertiary/aromatic N) is 3. The Kier molecular flexibility index (Phi) is 6.55. The number of benzene rings is 2. The molecular formula is C19H20F3N3O4. The summed E-state index contributed by atoms with van der Waals surface area (Å²) in [5, 5.41) is 20.8. The van der Waals surface area contributed by atoms with Crippen molar-refractivity contribution in [3.8, 4) is 5.75 Å². The highest BCUT2D eigenvalue weighted by atomic mass is 19.2. The quantitative estimate of drug-likeness (QED) is 0.429. The van der Waals surface area contributed by atoms with Gasteiger partial charge in [0.25, 0.3) is 5.69 Å². The molecule has 0 bridgehead atoms. The molecule has 1 aliphatic heterocycles. The lowest BCUT2D eigenvalue weighted by atomic mass is 10.2. The Morgan fingerprint density at radius 3 is 2.31 bits per heavy atom. The number of aliphatic hydroxyl groups is 1. The molecule has 1 fully saturated rings. The Bertz CT molecular complexity index is 859. The first-order valence-electron chi connectivity index (χ1n) is 9.01. The Morgan fingerprint density at radius 2 is 1.69 bits per heavy atom. The number of rotatable bonds is 7. The Balaban J connectivity index is 1.45. The number of piperazine rings is 1. The van der Waals surface area contributed by atoms with Gasteiger partial charge < -0.3 is 14.7 Å². The van der Waals surface area contributed by atoms with Gasteiger partial charge in [-0.25, -0.2) is 13.2 Å². The molecule has 0 aromatic heterocycles. The highest BCUT2D eigenvalue weighted by Gasteiger charge is 2.23. The van der Waals surface area contributed by atoms with Gasteiger partial charge >= 0.3 is 0 Å². The van der Waals surface area contributed by atoms with Crippen molar-refractivity contribution >= 4 is 11.4 Å². The number of non-ortho nitro benzene ring substituents is 1. The number of hydrogen-bond donors (Lipinski definition) is 1. The zero-order chi connectivity index (χ0) is 21.0. The molecule has 10 heteroatoms. The summed E-state index contributed by atoms with van der Waals surface area (Å²) in [6.07, 6.45) is -0.795. The smallest absolute Gasteiger partial charge is 0.269 e. The first-order valence-corrected chi connectivity index (χ1v) is 9.01. The first kappa shape index (κ1) is 20.9. The van der Waals surface area contributed by atoms with Crippen LogP contribution in [0, 0.1) is 27.6 Å². The second kappa shape index (κ2) is 9.10. The van der Waals surface area contributed by atoms with Crippen molar-refractivity contribution in [1.82, 2.24) is 4.90 Å². The van der Waals surface area contributed by atoms with Crippen LogP contribution in [0.3, 0.4) is 0 Å². The van der Waals surface area contributed by atoms with Gasteiger partial charge in [0.2, 0.25) is 0 Å². The maximum atomic E-state index is 13.9. The van der Waals surface area contributed by atoms with Gasteiger partial charge in [-0.3, -0.25) is 15.0 Å². The average molecular weight is 411 g/mol. The molecule has 29 heavy (non-hydrogen) atoms. The van der Waals surface area contributed by atoms with Gasteiger partial charge in [0.15, 0.2) is 17.5 Å². The first-order chi connectivity index (χ1) is 13.8. The minimum atomic E-state index is -1.48. The van der Waals surface area contributed by atoms with E-state index in [0.717, 1.165) is 6.07 Å². The molecule has 7 nitrogen and oxygen atoms in total. The Hall–Kier alpha value is -2.85. The zero-order valence-corrected chi connectivity index (χ0v) is 15.4. The lowest BCUT2D eigenvalue weighted by Crippen LogP contribution is -2.49. The van der Waals surface area contributed by atoms with Crippen LogP contribution in [0.2, 0.25) is 0 Å². The molecule has 1 heterocycles. The summed E-state index contributed by atoms with van der Waals surface area (Å²) in [6.45, 7) is 2.15. The summed E-state index contributed by atoms with van der Waals surface area (Å²) >= 11 is 0. The van der Waals surface area contributed by atoms with Gasteiger partial charge in [0, 0.05) is 44.9 Å². The topological polar surface area (TPSA) is 79.1 Å². The van der Waals surface area contributed by atoms with Gasteiger partial charge in [-0.1, -0.05) is 0 Å². The number of nitro benzene ring substituents is 1. The van der Waals surface area contributed by atoms with E-state index in [1.165, 1.54) is 30.3 Å². The van der Waals surface area contributed by atoms with Gasteiger partial charge in [-0.05, 0) is 24.3 Å². The van der Waals surface area contributed by atoms with Crippen molar-refractivity contribution in [1.29, 1.82) is 0 Å². The van der Waals surface area contributed by atoms with Crippen LogP contribution in [-0.4, -0.2) is 60.4 Å². The number of hydrogen-bond acceptors (Lipinski definition) is 6. The fourth-order valence-electron chi connectivity index (χ4n) is 3.14. The van der Waals surface area contributed by atoms with Gasteiger partial charge in [0.1, 0.15) is 18.5 Å². The SMILES string of the molecule is O=[N+]([O-])c1ccc(OCC(O)CN2CCN(c3ccc(F)c(F)c3F)CC2)cc1. The molecule has 0 saturated carbocycles. The summed E-state index contributed by atoms with van der Waals surface area (Å²) < 4.78 is 45.8. The summed E-state index contributed by atoms with van der Waals surface area (Å²) in [5.41, 5.74) is -0.0288. The van der Waals surface area contributed by atoms with Crippen LogP contribution in [0.25, 0.3) is 0 Å². The maximum Gasteiger partial charge on any atom is 0.269 e. The number of β-amino-alcohol motifs (C(OH)–C–C–N with tert-alkyl or cyclic N) is 1. The van der Waals surface area contributed by atoms with E-state index in [0.29, 0.717) is 38.5 Å². The number of halogens is 3. The molecule has 0 radical (unpaired) electrons. The Labute approximate surface area is 165 Å². The molecule has 1 unspecified atom stereocenters. The molecule has 156 valence electrons. The molecule has 0 aliphatic carbocycles. The summed E-state index contributed by atoms with van der Waals surface area (Å²) in [7, 11) is 0. The highest BCUT2D eigenvalue weighted by molar-refractivity contribution is 5.48.